The Kier molecular flexibility index (Phi) is 3.49. The third-order valence-corrected chi connectivity index (χ3v) is 4.11. The van der Waals surface area contributed by atoms with Crippen LogP contribution in [0.15, 0.2) is 18.3 Å². The van der Waals surface area contributed by atoms with Gasteiger partial charge in [0.1, 0.15) is 0 Å². The lowest BCUT2D eigenvalue weighted by molar-refractivity contribution is 0.0380. The molecule has 1 aliphatic rings. The highest BCUT2D eigenvalue weighted by atomic mass is 16.5. The highest BCUT2D eigenvalue weighted by Crippen LogP contribution is 2.30. The molecule has 21 heavy (non-hydrogen) atoms. The Morgan fingerprint density at radius 2 is 1.95 bits per heavy atom. The first-order valence-corrected chi connectivity index (χ1v) is 7.53. The molecule has 0 unspecified atom stereocenters. The molecule has 112 valence electrons. The molecular weight excluding hydrogens is 264 g/mol. The fourth-order valence-corrected chi connectivity index (χ4v) is 3.01. The van der Waals surface area contributed by atoms with E-state index in [0.717, 1.165) is 30.5 Å². The van der Waals surface area contributed by atoms with Gasteiger partial charge in [-0.15, -0.1) is 0 Å². The molecule has 0 amide bonds. The van der Waals surface area contributed by atoms with Crippen molar-refractivity contribution in [3.8, 4) is 0 Å². The van der Waals surface area contributed by atoms with E-state index in [9.17, 15) is 4.79 Å². The van der Waals surface area contributed by atoms with E-state index in [4.69, 9.17) is 4.74 Å². The Bertz CT molecular complexity index is 700. The molecule has 1 aromatic carbocycles. The molecule has 0 fully saturated rings. The Hall–Kier alpha value is -1.81. The van der Waals surface area contributed by atoms with Crippen LogP contribution in [-0.4, -0.2) is 28.1 Å². The van der Waals surface area contributed by atoms with Crippen molar-refractivity contribution >= 4 is 16.9 Å². The molecule has 0 saturated heterocycles. The molecule has 4 nitrogen and oxygen atoms in total. The maximum absolute atomic E-state index is 12.3. The number of aryl methyl sites for hydroxylation is 1. The summed E-state index contributed by atoms with van der Waals surface area (Å²) in [7, 11) is 1.98. The largest absolute Gasteiger partial charge is 0.459 e. The highest BCUT2D eigenvalue weighted by molar-refractivity contribution is 6.04. The average molecular weight is 286 g/mol. The van der Waals surface area contributed by atoms with Gasteiger partial charge in [-0.05, 0) is 43.7 Å². The summed E-state index contributed by atoms with van der Waals surface area (Å²) in [5.74, 6) is -0.235. The lowest BCUT2D eigenvalue weighted by atomic mass is 10.1. The van der Waals surface area contributed by atoms with Gasteiger partial charge in [0, 0.05) is 37.2 Å². The van der Waals surface area contributed by atoms with Crippen molar-refractivity contribution in [3.63, 3.8) is 0 Å². The smallest absolute Gasteiger partial charge is 0.340 e. The number of ether oxygens (including phenoxy) is 1. The summed E-state index contributed by atoms with van der Waals surface area (Å²) in [5.41, 5.74) is 4.46. The maximum Gasteiger partial charge on any atom is 0.340 e. The van der Waals surface area contributed by atoms with Crippen molar-refractivity contribution in [2.75, 3.05) is 6.54 Å². The van der Waals surface area contributed by atoms with Crippen molar-refractivity contribution in [2.45, 2.75) is 40.0 Å². The number of benzene rings is 1. The normalized spacial score (nSPS) is 14.9. The van der Waals surface area contributed by atoms with E-state index in [0.29, 0.717) is 5.56 Å². The van der Waals surface area contributed by atoms with E-state index in [2.05, 4.69) is 24.0 Å². The van der Waals surface area contributed by atoms with Crippen LogP contribution in [0.2, 0.25) is 0 Å². The number of carbonyl (C=O) groups is 1. The van der Waals surface area contributed by atoms with E-state index < -0.39 is 0 Å². The summed E-state index contributed by atoms with van der Waals surface area (Å²) >= 11 is 0. The van der Waals surface area contributed by atoms with Crippen LogP contribution in [0.1, 0.15) is 42.3 Å². The first-order chi connectivity index (χ1) is 9.99. The predicted octanol–water partition coefficient (Wildman–Crippen LogP) is 3.08. The van der Waals surface area contributed by atoms with Crippen LogP contribution in [0.25, 0.3) is 10.9 Å². The van der Waals surface area contributed by atoms with E-state index >= 15 is 0 Å². The van der Waals surface area contributed by atoms with Crippen LogP contribution in [0.5, 0.6) is 0 Å². The minimum atomic E-state index is -0.235. The fourth-order valence-electron chi connectivity index (χ4n) is 3.01. The molecular formula is C17H22N2O2. The average Bonchev–Trinajstić information content (AvgIpc) is 2.97. The molecule has 3 rings (SSSR count). The fraction of sp³-hybridized carbons (Fsp3) is 0.471. The number of hydrogen-bond acceptors (Lipinski definition) is 3. The summed E-state index contributed by atoms with van der Waals surface area (Å²) in [4.78, 5) is 14.7. The van der Waals surface area contributed by atoms with Gasteiger partial charge in [0.05, 0.1) is 11.7 Å². The summed E-state index contributed by atoms with van der Waals surface area (Å²) in [6, 6.07) is 4.38. The van der Waals surface area contributed by atoms with Crippen LogP contribution >= 0.6 is 0 Å². The minimum Gasteiger partial charge on any atom is -0.459 e. The lowest BCUT2D eigenvalue weighted by Crippen LogP contribution is -2.14. The number of nitrogens with zero attached hydrogens (tertiary/aromatic N) is 2. The van der Waals surface area contributed by atoms with Gasteiger partial charge in [0.15, 0.2) is 0 Å². The topological polar surface area (TPSA) is 34.5 Å². The number of fused-ring (bicyclic) bond motifs is 2. The molecule has 0 N–H and O–H groups in total. The van der Waals surface area contributed by atoms with Crippen LogP contribution in [-0.2, 0) is 24.9 Å². The Morgan fingerprint density at radius 1 is 1.29 bits per heavy atom. The van der Waals surface area contributed by atoms with Crippen LogP contribution < -0.4 is 0 Å². The Morgan fingerprint density at radius 3 is 2.57 bits per heavy atom. The van der Waals surface area contributed by atoms with Crippen molar-refractivity contribution in [1.82, 2.24) is 9.47 Å². The Labute approximate surface area is 125 Å². The molecule has 0 spiro atoms. The number of rotatable bonds is 3. The van der Waals surface area contributed by atoms with E-state index in [1.165, 1.54) is 11.1 Å². The van der Waals surface area contributed by atoms with Crippen LogP contribution in [0, 0.1) is 0 Å². The first-order valence-electron chi connectivity index (χ1n) is 7.53. The number of esters is 1. The zero-order valence-electron chi connectivity index (χ0n) is 13.1. The molecule has 4 heteroatoms. The molecule has 2 heterocycles. The van der Waals surface area contributed by atoms with Gasteiger partial charge in [-0.25, -0.2) is 4.79 Å². The summed E-state index contributed by atoms with van der Waals surface area (Å²) in [6.07, 6.45) is 1.78. The van der Waals surface area contributed by atoms with Gasteiger partial charge in [-0.1, -0.05) is 6.92 Å². The SMILES string of the molecule is CCN1Cc2cc3c(C(=O)OC(C)C)cn(C)c3cc2C1. The molecule has 0 bridgehead atoms. The third-order valence-electron chi connectivity index (χ3n) is 4.11. The van der Waals surface area contributed by atoms with Gasteiger partial charge in [-0.3, -0.25) is 4.90 Å². The molecule has 1 aliphatic heterocycles. The zero-order valence-corrected chi connectivity index (χ0v) is 13.1. The van der Waals surface area contributed by atoms with Gasteiger partial charge in [0.2, 0.25) is 0 Å². The lowest BCUT2D eigenvalue weighted by Gasteiger charge is -2.09. The molecule has 0 aliphatic carbocycles. The van der Waals surface area contributed by atoms with Crippen LogP contribution in [0.3, 0.4) is 0 Å². The third kappa shape index (κ3) is 2.44. The second-order valence-corrected chi connectivity index (χ2v) is 6.05. The molecule has 0 atom stereocenters. The summed E-state index contributed by atoms with van der Waals surface area (Å²) in [6.45, 7) is 8.94. The number of hydrogen-bond donors (Lipinski definition) is 0. The highest BCUT2D eigenvalue weighted by Gasteiger charge is 2.22. The first kappa shape index (κ1) is 14.1. The molecule has 1 aromatic heterocycles. The number of carbonyl (C=O) groups excluding carboxylic acids is 1. The second kappa shape index (κ2) is 5.19. The van der Waals surface area contributed by atoms with Gasteiger partial charge >= 0.3 is 5.97 Å². The maximum atomic E-state index is 12.3. The van der Waals surface area contributed by atoms with E-state index in [1.807, 2.05) is 31.7 Å². The van der Waals surface area contributed by atoms with Crippen molar-refractivity contribution in [1.29, 1.82) is 0 Å². The minimum absolute atomic E-state index is 0.0993. The monoisotopic (exact) mass is 286 g/mol. The Balaban J connectivity index is 2.07. The molecule has 0 saturated carbocycles. The van der Waals surface area contributed by atoms with E-state index in [-0.39, 0.29) is 12.1 Å². The standard InChI is InChI=1S/C17H22N2O2/c1-5-19-8-12-6-14-15(17(20)21-11(2)3)10-18(4)16(14)7-13(12)9-19/h6-7,10-11H,5,8-9H2,1-4H3. The molecule has 2 aromatic rings. The second-order valence-electron chi connectivity index (χ2n) is 6.05. The van der Waals surface area contributed by atoms with Crippen LogP contribution in [0.4, 0.5) is 0 Å². The number of aromatic nitrogens is 1. The summed E-state index contributed by atoms with van der Waals surface area (Å²) < 4.78 is 7.37. The zero-order chi connectivity index (χ0) is 15.1. The van der Waals surface area contributed by atoms with Gasteiger partial charge in [-0.2, -0.15) is 0 Å². The van der Waals surface area contributed by atoms with Crippen molar-refractivity contribution in [3.05, 3.63) is 35.0 Å². The van der Waals surface area contributed by atoms with Crippen molar-refractivity contribution < 1.29 is 9.53 Å². The molecule has 0 radical (unpaired) electrons. The van der Waals surface area contributed by atoms with Crippen molar-refractivity contribution in [2.24, 2.45) is 7.05 Å². The van der Waals surface area contributed by atoms with Gasteiger partial charge < -0.3 is 9.30 Å². The predicted molar refractivity (Wildman–Crippen MR) is 83.3 cm³/mol. The van der Waals surface area contributed by atoms with E-state index in [1.54, 1.807) is 0 Å². The quantitative estimate of drug-likeness (QED) is 0.813. The van der Waals surface area contributed by atoms with Gasteiger partial charge in [0.25, 0.3) is 0 Å². The summed E-state index contributed by atoms with van der Waals surface area (Å²) in [5, 5.41) is 1.000.